The van der Waals surface area contributed by atoms with Gasteiger partial charge in [0.05, 0.1) is 17.8 Å². The number of hydrogen-bond acceptors (Lipinski definition) is 7. The van der Waals surface area contributed by atoms with Gasteiger partial charge in [0, 0.05) is 36.3 Å². The summed E-state index contributed by atoms with van der Waals surface area (Å²) in [6, 6.07) is 12.0. The molecule has 4 aromatic rings. The summed E-state index contributed by atoms with van der Waals surface area (Å²) in [4.78, 5) is 20.8. The quantitative estimate of drug-likeness (QED) is 0.189. The van der Waals surface area contributed by atoms with E-state index in [1.807, 2.05) is 30.5 Å². The van der Waals surface area contributed by atoms with E-state index in [4.69, 9.17) is 16.3 Å². The molecule has 4 rings (SSSR count). The summed E-state index contributed by atoms with van der Waals surface area (Å²) in [6.45, 7) is 2.68. The van der Waals surface area contributed by atoms with Gasteiger partial charge in [-0.15, -0.1) is 0 Å². The summed E-state index contributed by atoms with van der Waals surface area (Å²) in [5.41, 5.74) is 4.08. The van der Waals surface area contributed by atoms with Gasteiger partial charge in [-0.1, -0.05) is 29.8 Å². The highest BCUT2D eigenvalue weighted by molar-refractivity contribution is 6.31. The lowest BCUT2D eigenvalue weighted by Crippen LogP contribution is -2.09. The van der Waals surface area contributed by atoms with Gasteiger partial charge in [-0.05, 0) is 60.4 Å². The number of nitrogens with one attached hydrogen (secondary N) is 3. The van der Waals surface area contributed by atoms with Crippen molar-refractivity contribution < 1.29 is 13.9 Å². The van der Waals surface area contributed by atoms with Crippen LogP contribution >= 0.6 is 11.6 Å². The molecule has 0 amide bonds. The molecule has 0 saturated carbocycles. The van der Waals surface area contributed by atoms with E-state index in [9.17, 15) is 9.18 Å². The molecule has 10 heteroatoms. The van der Waals surface area contributed by atoms with E-state index in [-0.39, 0.29) is 5.02 Å². The zero-order valence-electron chi connectivity index (χ0n) is 19.5. The summed E-state index contributed by atoms with van der Waals surface area (Å²) in [7, 11) is 0. The van der Waals surface area contributed by atoms with Crippen LogP contribution in [0.5, 0.6) is 0 Å². The van der Waals surface area contributed by atoms with Crippen LogP contribution in [0.25, 0.3) is 17.2 Å². The maximum atomic E-state index is 13.5. The molecule has 0 bridgehead atoms. The number of nitrogens with zero attached hydrogens (tertiary/aromatic N) is 3. The monoisotopic (exact) mass is 506 g/mol. The molecule has 0 unspecified atom stereocenters. The molecule has 0 radical (unpaired) electrons. The topological polar surface area (TPSA) is 105 Å². The molecule has 0 saturated heterocycles. The summed E-state index contributed by atoms with van der Waals surface area (Å²) < 4.78 is 18.5. The van der Waals surface area contributed by atoms with Crippen LogP contribution in [0.2, 0.25) is 5.02 Å². The van der Waals surface area contributed by atoms with Gasteiger partial charge in [0.1, 0.15) is 11.6 Å². The Morgan fingerprint density at radius 2 is 2.11 bits per heavy atom. The van der Waals surface area contributed by atoms with E-state index in [0.29, 0.717) is 30.6 Å². The molecule has 0 atom stereocenters. The van der Waals surface area contributed by atoms with Crippen LogP contribution in [-0.2, 0) is 16.0 Å². The number of halogens is 2. The second-order valence-electron chi connectivity index (χ2n) is 7.70. The van der Waals surface area contributed by atoms with Crippen molar-refractivity contribution >= 4 is 41.1 Å². The third-order valence-electron chi connectivity index (χ3n) is 5.12. The van der Waals surface area contributed by atoms with Crippen molar-refractivity contribution in [3.63, 3.8) is 0 Å². The van der Waals surface area contributed by atoms with Gasteiger partial charge in [0.15, 0.2) is 0 Å². The predicted octanol–water partition coefficient (Wildman–Crippen LogP) is 5.63. The van der Waals surface area contributed by atoms with Crippen LogP contribution < -0.4 is 10.6 Å². The molecule has 184 valence electrons. The molecule has 0 spiro atoms. The lowest BCUT2D eigenvalue weighted by molar-refractivity contribution is -0.137. The number of benzene rings is 2. The highest BCUT2D eigenvalue weighted by Gasteiger charge is 2.11. The van der Waals surface area contributed by atoms with Crippen molar-refractivity contribution in [1.29, 1.82) is 0 Å². The fourth-order valence-corrected chi connectivity index (χ4v) is 3.58. The predicted molar refractivity (Wildman–Crippen MR) is 139 cm³/mol. The molecule has 2 heterocycles. The third kappa shape index (κ3) is 6.67. The first-order valence-corrected chi connectivity index (χ1v) is 11.7. The minimum Gasteiger partial charge on any atom is -0.463 e. The first-order chi connectivity index (χ1) is 17.5. The van der Waals surface area contributed by atoms with Crippen molar-refractivity contribution in [3.05, 3.63) is 89.1 Å². The number of aromatic nitrogens is 4. The number of anilines is 3. The Hall–Kier alpha value is -4.24. The minimum absolute atomic E-state index is 0.00256. The highest BCUT2D eigenvalue weighted by atomic mass is 35.5. The van der Waals surface area contributed by atoms with Gasteiger partial charge in [0.25, 0.3) is 0 Å². The fraction of sp³-hybridized carbons (Fsp3) is 0.154. The molecule has 0 fully saturated rings. The van der Waals surface area contributed by atoms with Crippen molar-refractivity contribution in [2.75, 3.05) is 23.8 Å². The van der Waals surface area contributed by atoms with Crippen LogP contribution in [0.4, 0.5) is 21.8 Å². The second kappa shape index (κ2) is 11.9. The van der Waals surface area contributed by atoms with Gasteiger partial charge >= 0.3 is 5.97 Å². The Morgan fingerprint density at radius 3 is 2.89 bits per heavy atom. The third-order valence-corrected chi connectivity index (χ3v) is 5.41. The highest BCUT2D eigenvalue weighted by Crippen LogP contribution is 2.29. The summed E-state index contributed by atoms with van der Waals surface area (Å²) in [6.07, 6.45) is 9.14. The molecule has 0 aliphatic heterocycles. The first kappa shape index (κ1) is 24.9. The van der Waals surface area contributed by atoms with Gasteiger partial charge in [0.2, 0.25) is 5.95 Å². The van der Waals surface area contributed by atoms with Crippen LogP contribution in [0.15, 0.2) is 67.1 Å². The Bertz CT molecular complexity index is 1360. The van der Waals surface area contributed by atoms with Crippen LogP contribution in [-0.4, -0.2) is 39.3 Å². The SMILES string of the molecule is CCOC(=O)/C=C/c1cccc(-c2cnc(Nc3ccc(F)c(Cl)c3)nc2NCCc2cn[nH]c2)c1. The molecule has 36 heavy (non-hydrogen) atoms. The maximum absolute atomic E-state index is 13.5. The van der Waals surface area contributed by atoms with E-state index in [2.05, 4.69) is 30.8 Å². The number of esters is 1. The van der Waals surface area contributed by atoms with Crippen molar-refractivity contribution in [3.8, 4) is 11.1 Å². The zero-order valence-corrected chi connectivity index (χ0v) is 20.2. The summed E-state index contributed by atoms with van der Waals surface area (Å²) >= 11 is 5.90. The number of ether oxygens (including phenoxy) is 1. The maximum Gasteiger partial charge on any atom is 0.330 e. The minimum atomic E-state index is -0.503. The number of aromatic amines is 1. The average molecular weight is 507 g/mol. The molecule has 2 aromatic carbocycles. The molecular weight excluding hydrogens is 483 g/mol. The van der Waals surface area contributed by atoms with Gasteiger partial charge in [-0.25, -0.2) is 14.2 Å². The summed E-state index contributed by atoms with van der Waals surface area (Å²) in [5, 5.41) is 13.2. The van der Waals surface area contributed by atoms with Crippen molar-refractivity contribution in [2.24, 2.45) is 0 Å². The standard InChI is InChI=1S/C26H24ClFN6O2/c1-2-36-24(35)9-6-17-4-3-5-19(12-17)21-16-30-26(33-20-7-8-23(28)22(27)13-20)34-25(21)29-11-10-18-14-31-32-15-18/h3-9,12-16H,2,10-11H2,1H3,(H,31,32)(H2,29,30,33,34)/b9-6+. The molecule has 8 nitrogen and oxygen atoms in total. The lowest BCUT2D eigenvalue weighted by atomic mass is 10.0. The Labute approximate surface area is 212 Å². The first-order valence-electron chi connectivity index (χ1n) is 11.3. The number of carbonyl (C=O) groups excluding carboxylic acids is 1. The van der Waals surface area contributed by atoms with Gasteiger partial charge in [-0.2, -0.15) is 10.1 Å². The van der Waals surface area contributed by atoms with Gasteiger partial charge < -0.3 is 15.4 Å². The molecule has 2 aromatic heterocycles. The van der Waals surface area contributed by atoms with Crippen LogP contribution in [0.1, 0.15) is 18.1 Å². The molecule has 0 aliphatic carbocycles. The van der Waals surface area contributed by atoms with Crippen LogP contribution in [0, 0.1) is 5.82 Å². The second-order valence-corrected chi connectivity index (χ2v) is 8.11. The lowest BCUT2D eigenvalue weighted by Gasteiger charge is -2.14. The van der Waals surface area contributed by atoms with E-state index >= 15 is 0 Å². The average Bonchev–Trinajstić information content (AvgIpc) is 3.39. The van der Waals surface area contributed by atoms with Crippen molar-refractivity contribution in [1.82, 2.24) is 20.2 Å². The van der Waals surface area contributed by atoms with E-state index in [1.165, 1.54) is 18.2 Å². The van der Waals surface area contributed by atoms with Gasteiger partial charge in [-0.3, -0.25) is 5.10 Å². The Morgan fingerprint density at radius 1 is 1.22 bits per heavy atom. The Balaban J connectivity index is 1.61. The molecular formula is C26H24ClFN6O2. The summed E-state index contributed by atoms with van der Waals surface area (Å²) in [5.74, 6) is 0.0301. The van der Waals surface area contributed by atoms with E-state index in [0.717, 1.165) is 28.7 Å². The molecule has 0 aliphatic rings. The fourth-order valence-electron chi connectivity index (χ4n) is 3.40. The smallest absolute Gasteiger partial charge is 0.330 e. The van der Waals surface area contributed by atoms with E-state index < -0.39 is 11.8 Å². The zero-order chi connectivity index (χ0) is 25.3. The van der Waals surface area contributed by atoms with Crippen molar-refractivity contribution in [2.45, 2.75) is 13.3 Å². The number of hydrogen-bond donors (Lipinski definition) is 3. The number of carbonyl (C=O) groups is 1. The number of H-pyrrole nitrogens is 1. The largest absolute Gasteiger partial charge is 0.463 e. The normalized spacial score (nSPS) is 11.0. The number of rotatable bonds is 10. The molecule has 3 N–H and O–H groups in total. The van der Waals surface area contributed by atoms with Crippen LogP contribution in [0.3, 0.4) is 0 Å². The Kier molecular flexibility index (Phi) is 8.25. The van der Waals surface area contributed by atoms with E-state index in [1.54, 1.807) is 31.5 Å².